The van der Waals surface area contributed by atoms with Gasteiger partial charge in [-0.2, -0.15) is 0 Å². The molecule has 3 rings (SSSR count). The SMILES string of the molecule is COc1ccc(Cl)cc1Nc1nc(-c2ccc(F)c(C)c2)cs1. The van der Waals surface area contributed by atoms with E-state index in [-0.39, 0.29) is 5.82 Å². The van der Waals surface area contributed by atoms with Crippen molar-refractivity contribution in [2.45, 2.75) is 6.92 Å². The zero-order valence-electron chi connectivity index (χ0n) is 12.6. The molecule has 2 aromatic carbocycles. The van der Waals surface area contributed by atoms with Crippen LogP contribution in [0.2, 0.25) is 5.02 Å². The van der Waals surface area contributed by atoms with E-state index in [1.54, 1.807) is 44.4 Å². The van der Waals surface area contributed by atoms with Crippen LogP contribution >= 0.6 is 22.9 Å². The lowest BCUT2D eigenvalue weighted by atomic mass is 10.1. The molecule has 0 atom stereocenters. The van der Waals surface area contributed by atoms with Gasteiger partial charge in [-0.25, -0.2) is 9.37 Å². The third kappa shape index (κ3) is 3.46. The van der Waals surface area contributed by atoms with Crippen molar-refractivity contribution >= 4 is 33.8 Å². The number of nitrogens with one attached hydrogen (secondary N) is 1. The predicted molar refractivity (Wildman–Crippen MR) is 93.5 cm³/mol. The molecule has 0 aliphatic heterocycles. The number of benzene rings is 2. The number of aromatic nitrogens is 1. The number of aryl methyl sites for hydroxylation is 1. The van der Waals surface area contributed by atoms with Gasteiger partial charge in [-0.1, -0.05) is 11.6 Å². The Bertz CT molecular complexity index is 850. The number of hydrogen-bond donors (Lipinski definition) is 1. The average molecular weight is 349 g/mol. The van der Waals surface area contributed by atoms with E-state index < -0.39 is 0 Å². The molecule has 0 spiro atoms. The number of ether oxygens (including phenoxy) is 1. The zero-order chi connectivity index (χ0) is 16.4. The van der Waals surface area contributed by atoms with E-state index in [9.17, 15) is 4.39 Å². The summed E-state index contributed by atoms with van der Waals surface area (Å²) in [6.07, 6.45) is 0. The Balaban J connectivity index is 1.88. The summed E-state index contributed by atoms with van der Waals surface area (Å²) in [5, 5.41) is 6.45. The number of thiazole rings is 1. The van der Waals surface area contributed by atoms with E-state index in [0.717, 1.165) is 16.9 Å². The Morgan fingerprint density at radius 2 is 2.04 bits per heavy atom. The van der Waals surface area contributed by atoms with Crippen LogP contribution in [-0.2, 0) is 0 Å². The molecule has 3 nitrogen and oxygen atoms in total. The minimum atomic E-state index is -0.217. The molecule has 0 radical (unpaired) electrons. The lowest BCUT2D eigenvalue weighted by Gasteiger charge is -2.09. The fraction of sp³-hybridized carbons (Fsp3) is 0.118. The molecular weight excluding hydrogens is 335 g/mol. The normalized spacial score (nSPS) is 10.6. The Hall–Kier alpha value is -2.11. The van der Waals surface area contributed by atoms with Crippen LogP contribution in [0.5, 0.6) is 5.75 Å². The van der Waals surface area contributed by atoms with Crippen molar-refractivity contribution in [2.75, 3.05) is 12.4 Å². The van der Waals surface area contributed by atoms with Crippen LogP contribution < -0.4 is 10.1 Å². The Morgan fingerprint density at radius 1 is 1.22 bits per heavy atom. The number of anilines is 2. The van der Waals surface area contributed by atoms with Crippen LogP contribution in [-0.4, -0.2) is 12.1 Å². The van der Waals surface area contributed by atoms with Crippen LogP contribution in [0.25, 0.3) is 11.3 Å². The van der Waals surface area contributed by atoms with E-state index in [1.165, 1.54) is 17.4 Å². The van der Waals surface area contributed by atoms with E-state index in [4.69, 9.17) is 16.3 Å². The minimum absolute atomic E-state index is 0.217. The monoisotopic (exact) mass is 348 g/mol. The Labute approximate surface area is 142 Å². The topological polar surface area (TPSA) is 34.1 Å². The second kappa shape index (κ2) is 6.56. The van der Waals surface area contributed by atoms with Crippen molar-refractivity contribution in [1.29, 1.82) is 0 Å². The maximum Gasteiger partial charge on any atom is 0.187 e. The van der Waals surface area contributed by atoms with Crippen molar-refractivity contribution in [3.8, 4) is 17.0 Å². The third-order valence-corrected chi connectivity index (χ3v) is 4.35. The van der Waals surface area contributed by atoms with E-state index in [2.05, 4.69) is 10.3 Å². The summed E-state index contributed by atoms with van der Waals surface area (Å²) in [4.78, 5) is 4.54. The molecule has 0 bridgehead atoms. The van der Waals surface area contributed by atoms with Crippen molar-refractivity contribution in [3.05, 3.63) is 58.2 Å². The van der Waals surface area contributed by atoms with E-state index in [0.29, 0.717) is 21.5 Å². The molecule has 0 aliphatic rings. The first-order chi connectivity index (χ1) is 11.1. The van der Waals surface area contributed by atoms with Gasteiger partial charge in [0.25, 0.3) is 0 Å². The van der Waals surface area contributed by atoms with Crippen LogP contribution in [0.1, 0.15) is 5.56 Å². The molecule has 0 saturated heterocycles. The van der Waals surface area contributed by atoms with Gasteiger partial charge in [0.2, 0.25) is 0 Å². The first kappa shape index (κ1) is 15.8. The number of halogens is 2. The molecule has 0 amide bonds. The molecule has 23 heavy (non-hydrogen) atoms. The fourth-order valence-corrected chi connectivity index (χ4v) is 3.06. The van der Waals surface area contributed by atoms with Gasteiger partial charge >= 0.3 is 0 Å². The molecule has 6 heteroatoms. The standard InChI is InChI=1S/C17H14ClFN2OS/c1-10-7-11(3-5-13(10)19)15-9-23-17(21-15)20-14-8-12(18)4-6-16(14)22-2/h3-9H,1-2H3,(H,20,21). The number of rotatable bonds is 4. The van der Waals surface area contributed by atoms with Crippen molar-refractivity contribution < 1.29 is 9.13 Å². The molecule has 1 N–H and O–H groups in total. The van der Waals surface area contributed by atoms with Crippen molar-refractivity contribution in [2.24, 2.45) is 0 Å². The van der Waals surface area contributed by atoms with Gasteiger partial charge in [0.15, 0.2) is 5.13 Å². The second-order valence-electron chi connectivity index (χ2n) is 4.97. The first-order valence-electron chi connectivity index (χ1n) is 6.89. The molecule has 118 valence electrons. The summed E-state index contributed by atoms with van der Waals surface area (Å²) < 4.78 is 18.7. The maximum absolute atomic E-state index is 13.4. The van der Waals surface area contributed by atoms with Gasteiger partial charge in [-0.15, -0.1) is 11.3 Å². The summed E-state index contributed by atoms with van der Waals surface area (Å²) in [6, 6.07) is 10.3. The van der Waals surface area contributed by atoms with Gasteiger partial charge < -0.3 is 10.1 Å². The van der Waals surface area contributed by atoms with Gasteiger partial charge in [-0.05, 0) is 48.9 Å². The van der Waals surface area contributed by atoms with E-state index >= 15 is 0 Å². The molecule has 1 heterocycles. The van der Waals surface area contributed by atoms with Crippen molar-refractivity contribution in [1.82, 2.24) is 4.98 Å². The molecule has 3 aromatic rings. The third-order valence-electron chi connectivity index (χ3n) is 3.36. The van der Waals surface area contributed by atoms with Crippen LogP contribution in [0.15, 0.2) is 41.8 Å². The summed E-state index contributed by atoms with van der Waals surface area (Å²) in [6.45, 7) is 1.74. The van der Waals surface area contributed by atoms with Crippen LogP contribution in [0.3, 0.4) is 0 Å². The highest BCUT2D eigenvalue weighted by Gasteiger charge is 2.09. The molecule has 0 aliphatic carbocycles. The van der Waals surface area contributed by atoms with Gasteiger partial charge in [0, 0.05) is 16.0 Å². The van der Waals surface area contributed by atoms with Crippen LogP contribution in [0, 0.1) is 12.7 Å². The minimum Gasteiger partial charge on any atom is -0.495 e. The first-order valence-corrected chi connectivity index (χ1v) is 8.15. The highest BCUT2D eigenvalue weighted by Crippen LogP contribution is 2.33. The summed E-state index contributed by atoms with van der Waals surface area (Å²) in [5.74, 6) is 0.467. The lowest BCUT2D eigenvalue weighted by molar-refractivity contribution is 0.417. The highest BCUT2D eigenvalue weighted by atomic mass is 35.5. The summed E-state index contributed by atoms with van der Waals surface area (Å²) in [7, 11) is 1.60. The quantitative estimate of drug-likeness (QED) is 0.660. The van der Waals surface area contributed by atoms with Crippen molar-refractivity contribution in [3.63, 3.8) is 0 Å². The zero-order valence-corrected chi connectivity index (χ0v) is 14.1. The predicted octanol–water partition coefficient (Wildman–Crippen LogP) is 5.66. The maximum atomic E-state index is 13.4. The smallest absolute Gasteiger partial charge is 0.187 e. The molecule has 0 unspecified atom stereocenters. The Morgan fingerprint density at radius 3 is 2.78 bits per heavy atom. The average Bonchev–Trinajstić information content (AvgIpc) is 2.99. The van der Waals surface area contributed by atoms with Crippen LogP contribution in [0.4, 0.5) is 15.2 Å². The lowest BCUT2D eigenvalue weighted by Crippen LogP contribution is -1.94. The summed E-state index contributed by atoms with van der Waals surface area (Å²) in [5.41, 5.74) is 3.02. The summed E-state index contributed by atoms with van der Waals surface area (Å²) >= 11 is 7.48. The highest BCUT2D eigenvalue weighted by molar-refractivity contribution is 7.14. The Kier molecular flexibility index (Phi) is 4.50. The second-order valence-corrected chi connectivity index (χ2v) is 6.27. The van der Waals surface area contributed by atoms with Gasteiger partial charge in [0.1, 0.15) is 11.6 Å². The van der Waals surface area contributed by atoms with Gasteiger partial charge in [0.05, 0.1) is 18.5 Å². The van der Waals surface area contributed by atoms with Gasteiger partial charge in [-0.3, -0.25) is 0 Å². The number of methoxy groups -OCH3 is 1. The molecule has 1 aromatic heterocycles. The molecule has 0 saturated carbocycles. The number of nitrogens with zero attached hydrogens (tertiary/aromatic N) is 1. The fourth-order valence-electron chi connectivity index (χ4n) is 2.16. The largest absolute Gasteiger partial charge is 0.495 e. The van der Waals surface area contributed by atoms with E-state index in [1.807, 2.05) is 5.38 Å². The number of hydrogen-bond acceptors (Lipinski definition) is 4. The molecular formula is C17H14ClFN2OS. The molecule has 0 fully saturated rings.